The van der Waals surface area contributed by atoms with E-state index in [1.807, 2.05) is 56.3 Å². The van der Waals surface area contributed by atoms with Crippen molar-refractivity contribution < 1.29 is 9.53 Å². The average Bonchev–Trinajstić information content (AvgIpc) is 2.39. The molecule has 0 aliphatic carbocycles. The summed E-state index contributed by atoms with van der Waals surface area (Å²) < 4.78 is 6.53. The summed E-state index contributed by atoms with van der Waals surface area (Å²) in [4.78, 5) is 12.0. The summed E-state index contributed by atoms with van der Waals surface area (Å²) in [6.07, 6.45) is 0. The van der Waals surface area contributed by atoms with Crippen LogP contribution in [-0.2, 0) is 0 Å². The zero-order chi connectivity index (χ0) is 13.8. The smallest absolute Gasteiger partial charge is 0.200 e. The maximum absolute atomic E-state index is 12.0. The first kappa shape index (κ1) is 13.8. The Labute approximate surface area is 121 Å². The monoisotopic (exact) mass is 318 g/mol. The highest BCUT2D eigenvalue weighted by molar-refractivity contribution is 9.10. The standard InChI is InChI=1S/C16H15BrO2/c1-11-4-3-5-13(8-11)15(18)10-19-16-9-14(17)7-6-12(16)2/h3-9H,10H2,1-2H3. The Morgan fingerprint density at radius 2 is 1.95 bits per heavy atom. The van der Waals surface area contributed by atoms with Crippen LogP contribution in [0.2, 0.25) is 0 Å². The van der Waals surface area contributed by atoms with Gasteiger partial charge in [-0.05, 0) is 37.6 Å². The van der Waals surface area contributed by atoms with Crippen molar-refractivity contribution in [2.75, 3.05) is 6.61 Å². The van der Waals surface area contributed by atoms with Crippen molar-refractivity contribution in [3.63, 3.8) is 0 Å². The molecule has 0 bridgehead atoms. The largest absolute Gasteiger partial charge is 0.485 e. The molecular formula is C16H15BrO2. The third-order valence-electron chi connectivity index (χ3n) is 2.85. The zero-order valence-corrected chi connectivity index (χ0v) is 12.5. The lowest BCUT2D eigenvalue weighted by atomic mass is 10.1. The predicted molar refractivity (Wildman–Crippen MR) is 79.9 cm³/mol. The van der Waals surface area contributed by atoms with Crippen molar-refractivity contribution in [1.82, 2.24) is 0 Å². The first-order valence-electron chi connectivity index (χ1n) is 6.05. The molecule has 0 aliphatic rings. The minimum absolute atomic E-state index is 0.0110. The van der Waals surface area contributed by atoms with Crippen molar-refractivity contribution in [2.45, 2.75) is 13.8 Å². The Hall–Kier alpha value is -1.61. The number of rotatable bonds is 4. The summed E-state index contributed by atoms with van der Waals surface area (Å²) in [5.41, 5.74) is 2.78. The highest BCUT2D eigenvalue weighted by Gasteiger charge is 2.08. The molecule has 0 heterocycles. The number of Topliss-reactive ketones (excluding diaryl/α,β-unsaturated/α-hetero) is 1. The van der Waals surface area contributed by atoms with E-state index in [9.17, 15) is 4.79 Å². The lowest BCUT2D eigenvalue weighted by molar-refractivity contribution is 0.0921. The highest BCUT2D eigenvalue weighted by Crippen LogP contribution is 2.23. The second-order valence-electron chi connectivity index (χ2n) is 4.49. The molecule has 0 fully saturated rings. The van der Waals surface area contributed by atoms with Crippen molar-refractivity contribution >= 4 is 21.7 Å². The molecule has 0 N–H and O–H groups in total. The lowest BCUT2D eigenvalue weighted by Gasteiger charge is -2.09. The van der Waals surface area contributed by atoms with E-state index in [2.05, 4.69) is 15.9 Å². The molecule has 2 nitrogen and oxygen atoms in total. The number of ether oxygens (including phenoxy) is 1. The highest BCUT2D eigenvalue weighted by atomic mass is 79.9. The second kappa shape index (κ2) is 6.02. The molecule has 0 aliphatic heterocycles. The summed E-state index contributed by atoms with van der Waals surface area (Å²) in [6, 6.07) is 13.3. The van der Waals surface area contributed by atoms with E-state index in [1.54, 1.807) is 0 Å². The van der Waals surface area contributed by atoms with E-state index in [-0.39, 0.29) is 12.4 Å². The molecule has 0 amide bonds. The molecule has 0 radical (unpaired) electrons. The fraction of sp³-hybridized carbons (Fsp3) is 0.188. The van der Waals surface area contributed by atoms with E-state index in [0.717, 1.165) is 21.3 Å². The van der Waals surface area contributed by atoms with Crippen molar-refractivity contribution in [2.24, 2.45) is 0 Å². The quantitative estimate of drug-likeness (QED) is 0.784. The predicted octanol–water partition coefficient (Wildman–Crippen LogP) is 4.33. The Balaban J connectivity index is 2.06. The number of aryl methyl sites for hydroxylation is 2. The molecule has 0 atom stereocenters. The van der Waals surface area contributed by atoms with Gasteiger partial charge in [-0.25, -0.2) is 0 Å². The van der Waals surface area contributed by atoms with Crippen molar-refractivity contribution in [3.8, 4) is 5.75 Å². The van der Waals surface area contributed by atoms with Gasteiger partial charge in [0, 0.05) is 10.0 Å². The second-order valence-corrected chi connectivity index (χ2v) is 5.41. The van der Waals surface area contributed by atoms with Crippen LogP contribution in [0.15, 0.2) is 46.9 Å². The average molecular weight is 319 g/mol. The summed E-state index contributed by atoms with van der Waals surface area (Å²) in [6.45, 7) is 3.98. The molecule has 0 saturated carbocycles. The van der Waals surface area contributed by atoms with E-state index in [0.29, 0.717) is 5.56 Å². The third-order valence-corrected chi connectivity index (χ3v) is 3.34. The van der Waals surface area contributed by atoms with Gasteiger partial charge in [0.15, 0.2) is 12.4 Å². The topological polar surface area (TPSA) is 26.3 Å². The van der Waals surface area contributed by atoms with Crippen LogP contribution < -0.4 is 4.74 Å². The summed E-state index contributed by atoms with van der Waals surface area (Å²) in [7, 11) is 0. The van der Waals surface area contributed by atoms with E-state index in [4.69, 9.17) is 4.74 Å². The van der Waals surface area contributed by atoms with Crippen LogP contribution in [0.1, 0.15) is 21.5 Å². The molecular weight excluding hydrogens is 304 g/mol. The first-order chi connectivity index (χ1) is 9.06. The molecule has 2 aromatic rings. The molecule has 3 heteroatoms. The Morgan fingerprint density at radius 3 is 2.68 bits per heavy atom. The van der Waals surface area contributed by atoms with Crippen LogP contribution in [0.5, 0.6) is 5.75 Å². The Bertz CT molecular complexity index is 605. The Morgan fingerprint density at radius 1 is 1.16 bits per heavy atom. The lowest BCUT2D eigenvalue weighted by Crippen LogP contribution is -2.12. The van der Waals surface area contributed by atoms with Crippen LogP contribution in [0.4, 0.5) is 0 Å². The maximum Gasteiger partial charge on any atom is 0.200 e. The van der Waals surface area contributed by atoms with Crippen LogP contribution >= 0.6 is 15.9 Å². The molecule has 2 rings (SSSR count). The summed E-state index contributed by atoms with van der Waals surface area (Å²) in [5, 5.41) is 0. The van der Waals surface area contributed by atoms with Gasteiger partial charge in [0.05, 0.1) is 0 Å². The van der Waals surface area contributed by atoms with Gasteiger partial charge in [0.1, 0.15) is 5.75 Å². The molecule has 0 unspecified atom stereocenters. The van der Waals surface area contributed by atoms with Crippen LogP contribution in [0.3, 0.4) is 0 Å². The first-order valence-corrected chi connectivity index (χ1v) is 6.84. The fourth-order valence-corrected chi connectivity index (χ4v) is 2.11. The number of carbonyl (C=O) groups is 1. The third kappa shape index (κ3) is 3.67. The molecule has 0 spiro atoms. The van der Waals surface area contributed by atoms with Crippen LogP contribution in [0.25, 0.3) is 0 Å². The van der Waals surface area contributed by atoms with E-state index < -0.39 is 0 Å². The van der Waals surface area contributed by atoms with Gasteiger partial charge in [-0.2, -0.15) is 0 Å². The van der Waals surface area contributed by atoms with Crippen molar-refractivity contribution in [3.05, 3.63) is 63.6 Å². The van der Waals surface area contributed by atoms with Crippen LogP contribution in [0, 0.1) is 13.8 Å². The van der Waals surface area contributed by atoms with E-state index >= 15 is 0 Å². The van der Waals surface area contributed by atoms with Gasteiger partial charge in [0.2, 0.25) is 0 Å². The zero-order valence-electron chi connectivity index (χ0n) is 10.9. The van der Waals surface area contributed by atoms with Gasteiger partial charge in [-0.15, -0.1) is 0 Å². The molecule has 0 saturated heterocycles. The van der Waals surface area contributed by atoms with Gasteiger partial charge in [-0.1, -0.05) is 45.8 Å². The number of ketones is 1. The SMILES string of the molecule is Cc1cccc(C(=O)COc2cc(Br)ccc2C)c1. The van der Waals surface area contributed by atoms with Crippen LogP contribution in [-0.4, -0.2) is 12.4 Å². The van der Waals surface area contributed by atoms with Gasteiger partial charge < -0.3 is 4.74 Å². The molecule has 2 aromatic carbocycles. The summed E-state index contributed by atoms with van der Waals surface area (Å²) in [5.74, 6) is 0.721. The number of halogens is 1. The van der Waals surface area contributed by atoms with E-state index in [1.165, 1.54) is 0 Å². The number of hydrogen-bond acceptors (Lipinski definition) is 2. The number of benzene rings is 2. The van der Waals surface area contributed by atoms with Gasteiger partial charge >= 0.3 is 0 Å². The van der Waals surface area contributed by atoms with Gasteiger partial charge in [-0.3, -0.25) is 4.79 Å². The molecule has 98 valence electrons. The van der Waals surface area contributed by atoms with Gasteiger partial charge in [0.25, 0.3) is 0 Å². The number of carbonyl (C=O) groups excluding carboxylic acids is 1. The minimum atomic E-state index is -0.0110. The molecule has 19 heavy (non-hydrogen) atoms. The summed E-state index contributed by atoms with van der Waals surface area (Å²) >= 11 is 3.39. The Kier molecular flexibility index (Phi) is 4.38. The normalized spacial score (nSPS) is 10.3. The maximum atomic E-state index is 12.0. The number of hydrogen-bond donors (Lipinski definition) is 0. The minimum Gasteiger partial charge on any atom is -0.485 e. The molecule has 0 aromatic heterocycles. The fourth-order valence-electron chi connectivity index (χ4n) is 1.77. The van der Waals surface area contributed by atoms with Crippen molar-refractivity contribution in [1.29, 1.82) is 0 Å².